The summed E-state index contributed by atoms with van der Waals surface area (Å²) in [5, 5.41) is 0.838. The fraction of sp³-hybridized carbons (Fsp3) is 0.483. The van der Waals surface area contributed by atoms with Crippen molar-refractivity contribution in [2.45, 2.75) is 89.8 Å². The van der Waals surface area contributed by atoms with Crippen LogP contribution in [0.4, 0.5) is 0 Å². The van der Waals surface area contributed by atoms with E-state index in [9.17, 15) is 9.59 Å². The second kappa shape index (κ2) is 10.1. The molecule has 2 aliphatic rings. The molecule has 5 heteroatoms. The number of carbonyl (C=O) groups excluding carboxylic acids is 1. The van der Waals surface area contributed by atoms with Crippen molar-refractivity contribution < 1.29 is 4.79 Å². The molecular formula is C29H35N3O2. The number of aryl methyl sites for hydroxylation is 1. The molecule has 178 valence electrons. The maximum absolute atomic E-state index is 14.1. The van der Waals surface area contributed by atoms with Gasteiger partial charge in [-0.3, -0.25) is 14.2 Å². The minimum atomic E-state index is -0.228. The summed E-state index contributed by atoms with van der Waals surface area (Å²) >= 11 is 0. The molecule has 0 radical (unpaired) electrons. The van der Waals surface area contributed by atoms with Gasteiger partial charge in [0.05, 0.1) is 6.54 Å². The van der Waals surface area contributed by atoms with Gasteiger partial charge in [0.25, 0.3) is 11.5 Å². The van der Waals surface area contributed by atoms with Crippen molar-refractivity contribution in [3.8, 4) is 0 Å². The first-order chi connectivity index (χ1) is 16.6. The quantitative estimate of drug-likeness (QED) is 0.482. The molecule has 0 saturated heterocycles. The lowest BCUT2D eigenvalue weighted by molar-refractivity contribution is 0.0446. The molecule has 0 spiro atoms. The second-order valence-corrected chi connectivity index (χ2v) is 10.1. The predicted molar refractivity (Wildman–Crippen MR) is 136 cm³/mol. The third kappa shape index (κ3) is 4.66. The van der Waals surface area contributed by atoms with Crippen LogP contribution in [0.25, 0.3) is 11.0 Å². The standard InChI is InChI=1S/C29H35N3O2/c1-21-14-16-22(17-15-21)20-31-27-23(9-8-18-30-27)19-26(28(31)33)29(34)32(24-10-4-2-5-11-24)25-12-6-3-7-13-25/h8-9,14-19,24-25H,2-7,10-13,20H2,1H3. The highest BCUT2D eigenvalue weighted by Gasteiger charge is 2.34. The minimum absolute atomic E-state index is 0.0767. The van der Waals surface area contributed by atoms with E-state index in [0.717, 1.165) is 36.6 Å². The molecule has 0 unspecified atom stereocenters. The zero-order valence-electron chi connectivity index (χ0n) is 20.2. The van der Waals surface area contributed by atoms with Crippen LogP contribution in [0.15, 0.2) is 53.5 Å². The molecule has 0 bridgehead atoms. The van der Waals surface area contributed by atoms with Crippen molar-refractivity contribution in [2.24, 2.45) is 0 Å². The minimum Gasteiger partial charge on any atom is -0.333 e. The summed E-state index contributed by atoms with van der Waals surface area (Å²) in [5.74, 6) is -0.0767. The summed E-state index contributed by atoms with van der Waals surface area (Å²) in [6, 6.07) is 14.3. The summed E-state index contributed by atoms with van der Waals surface area (Å²) in [5.41, 5.74) is 2.91. The van der Waals surface area contributed by atoms with Crippen LogP contribution in [0.2, 0.25) is 0 Å². The Hall–Kier alpha value is -2.95. The largest absolute Gasteiger partial charge is 0.333 e. The van der Waals surface area contributed by atoms with Crippen molar-refractivity contribution in [3.63, 3.8) is 0 Å². The van der Waals surface area contributed by atoms with E-state index in [1.165, 1.54) is 44.1 Å². The van der Waals surface area contributed by atoms with E-state index in [2.05, 4.69) is 28.9 Å². The Balaban J connectivity index is 1.58. The van der Waals surface area contributed by atoms with Gasteiger partial charge >= 0.3 is 0 Å². The van der Waals surface area contributed by atoms with Crippen molar-refractivity contribution >= 4 is 16.9 Å². The first-order valence-electron chi connectivity index (χ1n) is 13.0. The summed E-state index contributed by atoms with van der Waals surface area (Å²) in [6.07, 6.45) is 13.1. The maximum atomic E-state index is 14.1. The number of aromatic nitrogens is 2. The third-order valence-electron chi connectivity index (χ3n) is 7.71. The Morgan fingerprint density at radius 2 is 1.56 bits per heavy atom. The predicted octanol–water partition coefficient (Wildman–Crippen LogP) is 5.86. The van der Waals surface area contributed by atoms with Crippen LogP contribution in [0.5, 0.6) is 0 Å². The number of fused-ring (bicyclic) bond motifs is 1. The van der Waals surface area contributed by atoms with Crippen LogP contribution in [0, 0.1) is 6.92 Å². The second-order valence-electron chi connectivity index (χ2n) is 10.1. The van der Waals surface area contributed by atoms with Gasteiger partial charge in [0.15, 0.2) is 0 Å². The summed E-state index contributed by atoms with van der Waals surface area (Å²) in [7, 11) is 0. The number of benzene rings is 1. The number of nitrogens with zero attached hydrogens (tertiary/aromatic N) is 3. The summed E-state index contributed by atoms with van der Waals surface area (Å²) < 4.78 is 1.69. The van der Waals surface area contributed by atoms with E-state index in [0.29, 0.717) is 17.8 Å². The van der Waals surface area contributed by atoms with Gasteiger partial charge in [-0.05, 0) is 56.4 Å². The Morgan fingerprint density at radius 1 is 0.941 bits per heavy atom. The number of amides is 1. The van der Waals surface area contributed by atoms with Crippen LogP contribution in [0.3, 0.4) is 0 Å². The highest BCUT2D eigenvalue weighted by Crippen LogP contribution is 2.31. The fourth-order valence-electron chi connectivity index (χ4n) is 5.87. The van der Waals surface area contributed by atoms with Gasteiger partial charge in [-0.25, -0.2) is 4.98 Å². The Bertz CT molecular complexity index is 1180. The zero-order valence-corrected chi connectivity index (χ0v) is 20.2. The molecular weight excluding hydrogens is 422 g/mol. The van der Waals surface area contributed by atoms with Crippen LogP contribution in [-0.2, 0) is 6.54 Å². The molecule has 0 aliphatic heterocycles. The molecule has 34 heavy (non-hydrogen) atoms. The number of carbonyl (C=O) groups is 1. The van der Waals surface area contributed by atoms with E-state index in [-0.39, 0.29) is 23.6 Å². The highest BCUT2D eigenvalue weighted by molar-refractivity contribution is 5.97. The van der Waals surface area contributed by atoms with E-state index >= 15 is 0 Å². The number of hydrogen-bond donors (Lipinski definition) is 0. The number of hydrogen-bond acceptors (Lipinski definition) is 3. The van der Waals surface area contributed by atoms with Gasteiger partial charge in [-0.15, -0.1) is 0 Å². The van der Waals surface area contributed by atoms with Gasteiger partial charge in [0.1, 0.15) is 11.2 Å². The lowest BCUT2D eigenvalue weighted by atomic mass is 9.88. The lowest BCUT2D eigenvalue weighted by Gasteiger charge is -2.41. The Labute approximate surface area is 201 Å². The van der Waals surface area contributed by atoms with Crippen LogP contribution in [-0.4, -0.2) is 32.4 Å². The van der Waals surface area contributed by atoms with Gasteiger partial charge < -0.3 is 4.90 Å². The molecule has 2 saturated carbocycles. The van der Waals surface area contributed by atoms with E-state index < -0.39 is 0 Å². The highest BCUT2D eigenvalue weighted by atomic mass is 16.2. The SMILES string of the molecule is Cc1ccc(Cn2c(=O)c(C(=O)N(C3CCCCC3)C3CCCCC3)cc3cccnc32)cc1. The summed E-state index contributed by atoms with van der Waals surface area (Å²) in [4.78, 5) is 34.6. The van der Waals surface area contributed by atoms with Gasteiger partial charge in [0, 0.05) is 23.7 Å². The number of rotatable bonds is 5. The summed E-state index contributed by atoms with van der Waals surface area (Å²) in [6.45, 7) is 2.46. The van der Waals surface area contributed by atoms with Crippen LogP contribution in [0.1, 0.15) is 85.7 Å². The zero-order chi connectivity index (χ0) is 23.5. The van der Waals surface area contributed by atoms with Crippen molar-refractivity contribution in [1.82, 2.24) is 14.5 Å². The normalized spacial score (nSPS) is 17.7. The van der Waals surface area contributed by atoms with Gasteiger partial charge in [0.2, 0.25) is 0 Å². The van der Waals surface area contributed by atoms with Crippen molar-refractivity contribution in [1.29, 1.82) is 0 Å². The van der Waals surface area contributed by atoms with Crippen LogP contribution >= 0.6 is 0 Å². The van der Waals surface area contributed by atoms with E-state index in [1.54, 1.807) is 16.8 Å². The van der Waals surface area contributed by atoms with Crippen molar-refractivity contribution in [2.75, 3.05) is 0 Å². The first kappa shape index (κ1) is 22.8. The van der Waals surface area contributed by atoms with E-state index in [4.69, 9.17) is 0 Å². The van der Waals surface area contributed by atoms with E-state index in [1.807, 2.05) is 24.3 Å². The van der Waals surface area contributed by atoms with Crippen molar-refractivity contribution in [3.05, 3.63) is 75.7 Å². The van der Waals surface area contributed by atoms with Gasteiger partial charge in [-0.1, -0.05) is 68.4 Å². The van der Waals surface area contributed by atoms with Gasteiger partial charge in [-0.2, -0.15) is 0 Å². The molecule has 2 heterocycles. The Kier molecular flexibility index (Phi) is 6.80. The third-order valence-corrected chi connectivity index (χ3v) is 7.71. The maximum Gasteiger partial charge on any atom is 0.265 e. The average Bonchev–Trinajstić information content (AvgIpc) is 2.88. The molecule has 1 aromatic carbocycles. The lowest BCUT2D eigenvalue weighted by Crippen LogP contribution is -2.50. The molecule has 0 atom stereocenters. The molecule has 2 aliphatic carbocycles. The molecule has 5 nitrogen and oxygen atoms in total. The molecule has 2 aromatic heterocycles. The molecule has 2 fully saturated rings. The average molecular weight is 458 g/mol. The first-order valence-corrected chi connectivity index (χ1v) is 13.0. The monoisotopic (exact) mass is 457 g/mol. The fourth-order valence-corrected chi connectivity index (χ4v) is 5.87. The molecule has 5 rings (SSSR count). The number of pyridine rings is 2. The molecule has 3 aromatic rings. The molecule has 1 amide bonds. The Morgan fingerprint density at radius 3 is 2.18 bits per heavy atom. The smallest absolute Gasteiger partial charge is 0.265 e. The molecule has 0 N–H and O–H groups in total. The van der Waals surface area contributed by atoms with Crippen LogP contribution < -0.4 is 5.56 Å². The topological polar surface area (TPSA) is 55.2 Å².